The van der Waals surface area contributed by atoms with Gasteiger partial charge in [0.05, 0.1) is 0 Å². The normalized spacial score (nSPS) is 9.94. The quantitative estimate of drug-likeness (QED) is 0.769. The summed E-state index contributed by atoms with van der Waals surface area (Å²) < 4.78 is 0. The van der Waals surface area contributed by atoms with Gasteiger partial charge >= 0.3 is 0 Å². The van der Waals surface area contributed by atoms with E-state index < -0.39 is 0 Å². The van der Waals surface area contributed by atoms with Crippen LogP contribution < -0.4 is 0 Å². The molecular formula is C13H17NO3. The van der Waals surface area contributed by atoms with E-state index in [4.69, 9.17) is 0 Å². The molecule has 0 saturated heterocycles. The van der Waals surface area contributed by atoms with Crippen molar-refractivity contribution in [1.29, 1.82) is 0 Å². The molecule has 4 heteroatoms. The molecule has 0 aliphatic heterocycles. The first-order valence-electron chi connectivity index (χ1n) is 5.51. The van der Waals surface area contributed by atoms with Crippen LogP contribution in [0.1, 0.15) is 23.7 Å². The number of aromatic hydroxyl groups is 2. The van der Waals surface area contributed by atoms with Crippen molar-refractivity contribution in [2.75, 3.05) is 13.1 Å². The minimum Gasteiger partial charge on any atom is -0.508 e. The van der Waals surface area contributed by atoms with Gasteiger partial charge in [0.2, 0.25) is 0 Å². The van der Waals surface area contributed by atoms with Crippen LogP contribution in [0, 0.1) is 0 Å². The second kappa shape index (κ2) is 5.94. The first-order chi connectivity index (χ1) is 8.08. The predicted molar refractivity (Wildman–Crippen MR) is 66.2 cm³/mol. The number of hydrogen-bond acceptors (Lipinski definition) is 3. The van der Waals surface area contributed by atoms with Crippen molar-refractivity contribution in [2.45, 2.75) is 13.3 Å². The molecule has 0 saturated carbocycles. The first kappa shape index (κ1) is 13.1. The van der Waals surface area contributed by atoms with Crippen LogP contribution in [0.15, 0.2) is 30.9 Å². The summed E-state index contributed by atoms with van der Waals surface area (Å²) >= 11 is 0. The largest absolute Gasteiger partial charge is 0.508 e. The second-order valence-electron chi connectivity index (χ2n) is 3.78. The lowest BCUT2D eigenvalue weighted by molar-refractivity contribution is 0.0773. The van der Waals surface area contributed by atoms with Gasteiger partial charge in [-0.25, -0.2) is 0 Å². The van der Waals surface area contributed by atoms with Gasteiger partial charge in [-0.3, -0.25) is 4.79 Å². The average molecular weight is 235 g/mol. The van der Waals surface area contributed by atoms with Crippen molar-refractivity contribution < 1.29 is 15.0 Å². The van der Waals surface area contributed by atoms with E-state index in [9.17, 15) is 15.0 Å². The number of hydrogen-bond donors (Lipinski definition) is 2. The zero-order valence-electron chi connectivity index (χ0n) is 9.89. The lowest BCUT2D eigenvalue weighted by Gasteiger charge is -2.20. The number of nitrogens with zero attached hydrogens (tertiary/aromatic N) is 1. The van der Waals surface area contributed by atoms with Crippen molar-refractivity contribution >= 4 is 5.91 Å². The van der Waals surface area contributed by atoms with Gasteiger partial charge in [0.1, 0.15) is 11.5 Å². The van der Waals surface area contributed by atoms with Crippen molar-refractivity contribution in [3.63, 3.8) is 0 Å². The summed E-state index contributed by atoms with van der Waals surface area (Å²) in [6.45, 7) is 6.64. The monoisotopic (exact) mass is 235 g/mol. The Morgan fingerprint density at radius 1 is 1.35 bits per heavy atom. The van der Waals surface area contributed by atoms with Gasteiger partial charge in [-0.05, 0) is 18.6 Å². The Bertz CT molecular complexity index is 395. The van der Waals surface area contributed by atoms with Crippen molar-refractivity contribution in [1.82, 2.24) is 4.90 Å². The highest BCUT2D eigenvalue weighted by atomic mass is 16.3. The van der Waals surface area contributed by atoms with Crippen molar-refractivity contribution in [2.24, 2.45) is 0 Å². The van der Waals surface area contributed by atoms with Crippen LogP contribution in [0.3, 0.4) is 0 Å². The van der Waals surface area contributed by atoms with E-state index in [1.54, 1.807) is 11.0 Å². The van der Waals surface area contributed by atoms with Gasteiger partial charge < -0.3 is 15.1 Å². The number of phenolic OH excluding ortho intramolecular Hbond substituents is 2. The SMILES string of the molecule is C=CCN(CCC)C(=O)c1cc(O)cc(O)c1. The zero-order chi connectivity index (χ0) is 12.8. The van der Waals surface area contributed by atoms with E-state index in [2.05, 4.69) is 6.58 Å². The summed E-state index contributed by atoms with van der Waals surface area (Å²) in [5, 5.41) is 18.7. The molecule has 0 aliphatic rings. The van der Waals surface area contributed by atoms with E-state index in [1.165, 1.54) is 18.2 Å². The summed E-state index contributed by atoms with van der Waals surface area (Å²) in [5.74, 6) is -0.468. The molecule has 0 unspecified atom stereocenters. The Hall–Kier alpha value is -1.97. The van der Waals surface area contributed by atoms with Crippen LogP contribution in [-0.4, -0.2) is 34.1 Å². The molecular weight excluding hydrogens is 218 g/mol. The Labute approximate surface area is 101 Å². The van der Waals surface area contributed by atoms with Gasteiger partial charge in [-0.1, -0.05) is 13.0 Å². The van der Waals surface area contributed by atoms with Crippen LogP contribution in [0.25, 0.3) is 0 Å². The standard InChI is InChI=1S/C13H17NO3/c1-3-5-14(6-4-2)13(17)10-7-11(15)9-12(16)8-10/h3,7-9,15-16H,1,4-6H2,2H3. The number of benzene rings is 1. The summed E-state index contributed by atoms with van der Waals surface area (Å²) in [7, 11) is 0. The smallest absolute Gasteiger partial charge is 0.254 e. The van der Waals surface area contributed by atoms with Gasteiger partial charge in [0.15, 0.2) is 0 Å². The molecule has 0 aromatic heterocycles. The third kappa shape index (κ3) is 3.52. The van der Waals surface area contributed by atoms with Crippen LogP contribution in [0.2, 0.25) is 0 Å². The van der Waals surface area contributed by atoms with E-state index in [0.717, 1.165) is 6.42 Å². The number of phenols is 2. The summed E-state index contributed by atoms with van der Waals surface area (Å²) in [6, 6.07) is 3.87. The molecule has 0 atom stereocenters. The highest BCUT2D eigenvalue weighted by molar-refractivity contribution is 5.95. The highest BCUT2D eigenvalue weighted by Gasteiger charge is 2.15. The lowest BCUT2D eigenvalue weighted by Crippen LogP contribution is -2.31. The Morgan fingerprint density at radius 3 is 2.41 bits per heavy atom. The fraction of sp³-hybridized carbons (Fsp3) is 0.308. The summed E-state index contributed by atoms with van der Waals surface area (Å²) in [4.78, 5) is 13.7. The Balaban J connectivity index is 2.95. The zero-order valence-corrected chi connectivity index (χ0v) is 9.89. The van der Waals surface area contributed by atoms with Crippen LogP contribution >= 0.6 is 0 Å². The maximum absolute atomic E-state index is 12.1. The third-order valence-corrected chi connectivity index (χ3v) is 2.28. The number of carbonyl (C=O) groups is 1. The van der Waals surface area contributed by atoms with E-state index in [0.29, 0.717) is 13.1 Å². The van der Waals surface area contributed by atoms with Crippen LogP contribution in [0.4, 0.5) is 0 Å². The number of rotatable bonds is 5. The molecule has 17 heavy (non-hydrogen) atoms. The molecule has 0 fully saturated rings. The maximum atomic E-state index is 12.1. The Kier molecular flexibility index (Phi) is 4.57. The summed E-state index contributed by atoms with van der Waals surface area (Å²) in [6.07, 6.45) is 2.49. The minimum atomic E-state index is -0.224. The topological polar surface area (TPSA) is 60.8 Å². The molecule has 1 rings (SSSR count). The fourth-order valence-corrected chi connectivity index (χ4v) is 1.60. The number of amides is 1. The third-order valence-electron chi connectivity index (χ3n) is 2.28. The fourth-order valence-electron chi connectivity index (χ4n) is 1.60. The molecule has 0 spiro atoms. The predicted octanol–water partition coefficient (Wildman–Crippen LogP) is 2.14. The molecule has 1 aromatic carbocycles. The molecule has 92 valence electrons. The minimum absolute atomic E-state index is 0.122. The lowest BCUT2D eigenvalue weighted by atomic mass is 10.1. The van der Waals surface area contributed by atoms with Gasteiger partial charge in [-0.15, -0.1) is 6.58 Å². The van der Waals surface area contributed by atoms with E-state index in [1.807, 2.05) is 6.92 Å². The van der Waals surface area contributed by atoms with Crippen LogP contribution in [0.5, 0.6) is 11.5 Å². The van der Waals surface area contributed by atoms with Gasteiger partial charge in [-0.2, -0.15) is 0 Å². The molecule has 4 nitrogen and oxygen atoms in total. The molecule has 0 bridgehead atoms. The molecule has 0 aliphatic carbocycles. The first-order valence-corrected chi connectivity index (χ1v) is 5.51. The molecule has 0 radical (unpaired) electrons. The van der Waals surface area contributed by atoms with Crippen LogP contribution in [-0.2, 0) is 0 Å². The maximum Gasteiger partial charge on any atom is 0.254 e. The summed E-state index contributed by atoms with van der Waals surface area (Å²) in [5.41, 5.74) is 0.276. The second-order valence-corrected chi connectivity index (χ2v) is 3.78. The molecule has 1 aromatic rings. The average Bonchev–Trinajstić information content (AvgIpc) is 2.26. The van der Waals surface area contributed by atoms with E-state index >= 15 is 0 Å². The van der Waals surface area contributed by atoms with Gasteiger partial charge in [0.25, 0.3) is 5.91 Å². The van der Waals surface area contributed by atoms with Gasteiger partial charge in [0, 0.05) is 24.7 Å². The molecule has 1 amide bonds. The van der Waals surface area contributed by atoms with Crippen molar-refractivity contribution in [3.8, 4) is 11.5 Å². The van der Waals surface area contributed by atoms with E-state index in [-0.39, 0.29) is 23.0 Å². The van der Waals surface area contributed by atoms with Crippen molar-refractivity contribution in [3.05, 3.63) is 36.4 Å². The molecule has 0 heterocycles. The Morgan fingerprint density at radius 2 is 1.94 bits per heavy atom. The highest BCUT2D eigenvalue weighted by Crippen LogP contribution is 2.21. The molecule has 2 N–H and O–H groups in total. The number of carbonyl (C=O) groups excluding carboxylic acids is 1.